The molecule has 1 aliphatic heterocycles. The molecule has 2 aliphatic rings. The van der Waals surface area contributed by atoms with Gasteiger partial charge in [-0.25, -0.2) is 4.79 Å². The molecular weight excluding hydrogens is 270 g/mol. The Bertz CT molecular complexity index is 429. The van der Waals surface area contributed by atoms with Crippen LogP contribution in [-0.4, -0.2) is 24.4 Å². The molecule has 1 aliphatic carbocycles. The first-order valence-electron chi connectivity index (χ1n) is 6.11. The fourth-order valence-electron chi connectivity index (χ4n) is 2.20. The van der Waals surface area contributed by atoms with E-state index < -0.39 is 0 Å². The standard InChI is InChI=1S/C13H18ClNO2S/c1-4-17-12(16)10-7-18-11-8(14)5-13(2,3)6-9(11)15-10/h5,10,15H,4,6-7H2,1-3H3. The zero-order valence-electron chi connectivity index (χ0n) is 10.9. The number of allylic oxidation sites excluding steroid dienone is 3. The lowest BCUT2D eigenvalue weighted by Crippen LogP contribution is -2.43. The maximum absolute atomic E-state index is 11.7. The van der Waals surface area contributed by atoms with Gasteiger partial charge in [-0.3, -0.25) is 0 Å². The summed E-state index contributed by atoms with van der Waals surface area (Å²) >= 11 is 7.92. The highest BCUT2D eigenvalue weighted by atomic mass is 35.5. The first-order valence-corrected chi connectivity index (χ1v) is 7.47. The molecule has 0 aromatic heterocycles. The lowest BCUT2D eigenvalue weighted by molar-refractivity contribution is -0.144. The molecule has 1 unspecified atom stereocenters. The van der Waals surface area contributed by atoms with Gasteiger partial charge in [-0.2, -0.15) is 0 Å². The molecule has 0 spiro atoms. The summed E-state index contributed by atoms with van der Waals surface area (Å²) in [4.78, 5) is 12.8. The van der Waals surface area contributed by atoms with Crippen molar-refractivity contribution in [2.24, 2.45) is 5.41 Å². The molecule has 1 heterocycles. The second-order valence-corrected chi connectivity index (χ2v) is 6.66. The highest BCUT2D eigenvalue weighted by molar-refractivity contribution is 8.03. The van der Waals surface area contributed by atoms with Crippen LogP contribution in [0.5, 0.6) is 0 Å². The first-order chi connectivity index (χ1) is 8.43. The summed E-state index contributed by atoms with van der Waals surface area (Å²) in [6, 6.07) is -0.257. The number of hydrogen-bond donors (Lipinski definition) is 1. The van der Waals surface area contributed by atoms with Crippen LogP contribution in [-0.2, 0) is 9.53 Å². The van der Waals surface area contributed by atoms with Gasteiger partial charge in [0, 0.05) is 16.4 Å². The van der Waals surface area contributed by atoms with Crippen molar-refractivity contribution >= 4 is 29.3 Å². The third kappa shape index (κ3) is 2.86. The van der Waals surface area contributed by atoms with E-state index in [9.17, 15) is 4.79 Å². The van der Waals surface area contributed by atoms with Gasteiger partial charge in [-0.1, -0.05) is 31.5 Å². The van der Waals surface area contributed by atoms with Crippen molar-refractivity contribution in [3.63, 3.8) is 0 Å². The van der Waals surface area contributed by atoms with E-state index in [2.05, 4.69) is 25.2 Å². The molecule has 0 aromatic carbocycles. The summed E-state index contributed by atoms with van der Waals surface area (Å²) < 4.78 is 5.05. The number of hydrogen-bond acceptors (Lipinski definition) is 4. The minimum Gasteiger partial charge on any atom is -0.464 e. The van der Waals surface area contributed by atoms with Crippen molar-refractivity contribution in [1.82, 2.24) is 5.32 Å². The molecule has 0 bridgehead atoms. The Labute approximate surface area is 117 Å². The van der Waals surface area contributed by atoms with E-state index in [1.165, 1.54) is 0 Å². The van der Waals surface area contributed by atoms with Gasteiger partial charge in [0.05, 0.1) is 11.6 Å². The van der Waals surface area contributed by atoms with Gasteiger partial charge in [-0.05, 0) is 18.8 Å². The molecule has 0 saturated carbocycles. The molecule has 0 fully saturated rings. The summed E-state index contributed by atoms with van der Waals surface area (Å²) in [6.07, 6.45) is 2.97. The predicted molar refractivity (Wildman–Crippen MR) is 75.4 cm³/mol. The topological polar surface area (TPSA) is 38.3 Å². The van der Waals surface area contributed by atoms with Gasteiger partial charge in [0.25, 0.3) is 0 Å². The fraction of sp³-hybridized carbons (Fsp3) is 0.615. The number of carbonyl (C=O) groups excluding carboxylic acids is 1. The van der Waals surface area contributed by atoms with E-state index >= 15 is 0 Å². The summed E-state index contributed by atoms with van der Waals surface area (Å²) in [5, 5.41) is 4.08. The van der Waals surface area contributed by atoms with Crippen LogP contribution in [0, 0.1) is 5.41 Å². The Balaban J connectivity index is 2.15. The Kier molecular flexibility index (Phi) is 3.97. The maximum atomic E-state index is 11.7. The van der Waals surface area contributed by atoms with E-state index in [1.807, 2.05) is 6.92 Å². The molecule has 5 heteroatoms. The van der Waals surface area contributed by atoms with Crippen molar-refractivity contribution in [3.8, 4) is 0 Å². The number of esters is 1. The number of nitrogens with one attached hydrogen (secondary N) is 1. The summed E-state index contributed by atoms with van der Waals surface area (Å²) in [5.74, 6) is 0.488. The number of ether oxygens (including phenoxy) is 1. The second kappa shape index (κ2) is 5.17. The lowest BCUT2D eigenvalue weighted by Gasteiger charge is -2.35. The third-order valence-electron chi connectivity index (χ3n) is 2.95. The van der Waals surface area contributed by atoms with Crippen LogP contribution in [0.25, 0.3) is 0 Å². The van der Waals surface area contributed by atoms with Crippen LogP contribution in [0.3, 0.4) is 0 Å². The summed E-state index contributed by atoms with van der Waals surface area (Å²) in [7, 11) is 0. The van der Waals surface area contributed by atoms with E-state index in [0.717, 1.165) is 22.1 Å². The number of thioether (sulfide) groups is 1. The quantitative estimate of drug-likeness (QED) is 0.793. The molecule has 0 radical (unpaired) electrons. The largest absolute Gasteiger partial charge is 0.464 e. The van der Waals surface area contributed by atoms with Gasteiger partial charge in [0.2, 0.25) is 0 Å². The van der Waals surface area contributed by atoms with Crippen molar-refractivity contribution in [2.75, 3.05) is 12.4 Å². The fourth-order valence-corrected chi connectivity index (χ4v) is 3.83. The molecule has 1 atom stereocenters. The van der Waals surface area contributed by atoms with Crippen LogP contribution >= 0.6 is 23.4 Å². The van der Waals surface area contributed by atoms with Crippen LogP contribution < -0.4 is 5.32 Å². The zero-order valence-corrected chi connectivity index (χ0v) is 12.5. The van der Waals surface area contributed by atoms with Crippen molar-refractivity contribution in [3.05, 3.63) is 21.7 Å². The molecular formula is C13H18ClNO2S. The molecule has 0 saturated heterocycles. The van der Waals surface area contributed by atoms with E-state index in [4.69, 9.17) is 16.3 Å². The van der Waals surface area contributed by atoms with Crippen molar-refractivity contribution in [2.45, 2.75) is 33.2 Å². The third-order valence-corrected chi connectivity index (χ3v) is 4.62. The SMILES string of the molecule is CCOC(=O)C1CSC2=C(CC(C)(C)C=C2Cl)N1. The highest BCUT2D eigenvalue weighted by Crippen LogP contribution is 2.44. The molecule has 0 aromatic rings. The van der Waals surface area contributed by atoms with Gasteiger partial charge in [0.1, 0.15) is 6.04 Å². The Morgan fingerprint density at radius 2 is 2.39 bits per heavy atom. The number of carbonyl (C=O) groups is 1. The first kappa shape index (κ1) is 13.8. The lowest BCUT2D eigenvalue weighted by atomic mass is 9.84. The molecule has 2 rings (SSSR count). The predicted octanol–water partition coefficient (Wildman–Crippen LogP) is 3.02. The van der Waals surface area contributed by atoms with Crippen molar-refractivity contribution in [1.29, 1.82) is 0 Å². The minimum atomic E-state index is -0.257. The average molecular weight is 288 g/mol. The normalized spacial score (nSPS) is 26.0. The maximum Gasteiger partial charge on any atom is 0.329 e. The van der Waals surface area contributed by atoms with Crippen LogP contribution in [0.15, 0.2) is 21.7 Å². The smallest absolute Gasteiger partial charge is 0.329 e. The van der Waals surface area contributed by atoms with Gasteiger partial charge >= 0.3 is 5.97 Å². The molecule has 0 amide bonds. The average Bonchev–Trinajstić information content (AvgIpc) is 2.26. The summed E-state index contributed by atoms with van der Waals surface area (Å²) in [6.45, 7) is 6.51. The number of rotatable bonds is 2. The monoisotopic (exact) mass is 287 g/mol. The number of halogens is 1. The van der Waals surface area contributed by atoms with E-state index in [1.54, 1.807) is 11.8 Å². The zero-order chi connectivity index (χ0) is 13.3. The van der Waals surface area contributed by atoms with Crippen LogP contribution in [0.1, 0.15) is 27.2 Å². The highest BCUT2D eigenvalue weighted by Gasteiger charge is 2.34. The summed E-state index contributed by atoms with van der Waals surface area (Å²) in [5.41, 5.74) is 1.10. The molecule has 100 valence electrons. The van der Waals surface area contributed by atoms with Gasteiger partial charge in [-0.15, -0.1) is 11.8 Å². The van der Waals surface area contributed by atoms with E-state index in [-0.39, 0.29) is 17.4 Å². The Hall–Kier alpha value is -0.610. The van der Waals surface area contributed by atoms with Gasteiger partial charge in [0.15, 0.2) is 0 Å². The Morgan fingerprint density at radius 3 is 3.06 bits per heavy atom. The minimum absolute atomic E-state index is 0.0278. The van der Waals surface area contributed by atoms with Crippen LogP contribution in [0.2, 0.25) is 0 Å². The molecule has 3 nitrogen and oxygen atoms in total. The molecule has 1 N–H and O–H groups in total. The molecule has 18 heavy (non-hydrogen) atoms. The van der Waals surface area contributed by atoms with Gasteiger partial charge < -0.3 is 10.1 Å². The Morgan fingerprint density at radius 1 is 1.67 bits per heavy atom. The van der Waals surface area contributed by atoms with Crippen molar-refractivity contribution < 1.29 is 9.53 Å². The second-order valence-electron chi connectivity index (χ2n) is 5.23. The van der Waals surface area contributed by atoms with E-state index in [0.29, 0.717) is 12.4 Å². The van der Waals surface area contributed by atoms with Crippen LogP contribution in [0.4, 0.5) is 0 Å².